The molecule has 28 heavy (non-hydrogen) atoms. The first-order valence-electron chi connectivity index (χ1n) is 9.08. The molecule has 1 aliphatic rings. The number of carbonyl (C=O) groups excluding carboxylic acids is 1. The summed E-state index contributed by atoms with van der Waals surface area (Å²) in [5, 5.41) is 6.22. The number of hydrogen-bond acceptors (Lipinski definition) is 4. The molecule has 1 heterocycles. The second kappa shape index (κ2) is 7.96. The van der Waals surface area contributed by atoms with E-state index in [-0.39, 0.29) is 12.5 Å². The fourth-order valence-electron chi connectivity index (χ4n) is 2.92. The lowest BCUT2D eigenvalue weighted by molar-refractivity contribution is -0.130. The van der Waals surface area contributed by atoms with E-state index in [1.807, 2.05) is 85.8 Å². The SMILES string of the molecule is CC(C=Cc1ccccc1)=NNC(=O)C1COc2cc3ccccc3cc2O1. The van der Waals surface area contributed by atoms with Gasteiger partial charge in [0, 0.05) is 0 Å². The van der Waals surface area contributed by atoms with Crippen molar-refractivity contribution in [3.05, 3.63) is 78.4 Å². The summed E-state index contributed by atoms with van der Waals surface area (Å²) in [5.41, 5.74) is 4.30. The second-order valence-corrected chi connectivity index (χ2v) is 6.54. The Balaban J connectivity index is 1.40. The van der Waals surface area contributed by atoms with E-state index in [0.29, 0.717) is 17.2 Å². The van der Waals surface area contributed by atoms with Crippen LogP contribution in [0.15, 0.2) is 77.9 Å². The fraction of sp³-hybridized carbons (Fsp3) is 0.130. The Kier molecular flexibility index (Phi) is 5.06. The monoisotopic (exact) mass is 372 g/mol. The number of nitrogens with one attached hydrogen (secondary N) is 1. The van der Waals surface area contributed by atoms with Crippen molar-refractivity contribution in [3.63, 3.8) is 0 Å². The molecule has 4 rings (SSSR count). The minimum atomic E-state index is -0.747. The summed E-state index contributed by atoms with van der Waals surface area (Å²) in [7, 11) is 0. The Bertz CT molecular complexity index is 1060. The van der Waals surface area contributed by atoms with Gasteiger partial charge in [-0.1, -0.05) is 60.7 Å². The van der Waals surface area contributed by atoms with Gasteiger partial charge in [0.2, 0.25) is 6.10 Å². The first-order chi connectivity index (χ1) is 13.7. The van der Waals surface area contributed by atoms with Gasteiger partial charge in [-0.15, -0.1) is 0 Å². The van der Waals surface area contributed by atoms with Gasteiger partial charge in [-0.25, -0.2) is 5.43 Å². The third-order valence-electron chi connectivity index (χ3n) is 4.42. The molecule has 0 saturated heterocycles. The van der Waals surface area contributed by atoms with Gasteiger partial charge in [0.25, 0.3) is 5.91 Å². The van der Waals surface area contributed by atoms with Crippen LogP contribution >= 0.6 is 0 Å². The Morgan fingerprint density at radius 3 is 2.46 bits per heavy atom. The first kappa shape index (κ1) is 17.8. The molecule has 1 amide bonds. The van der Waals surface area contributed by atoms with Gasteiger partial charge < -0.3 is 9.47 Å². The number of ether oxygens (including phenoxy) is 2. The highest BCUT2D eigenvalue weighted by molar-refractivity contribution is 5.97. The summed E-state index contributed by atoms with van der Waals surface area (Å²) in [5.74, 6) is 0.870. The zero-order valence-corrected chi connectivity index (χ0v) is 15.5. The number of carbonyl (C=O) groups is 1. The molecule has 140 valence electrons. The van der Waals surface area contributed by atoms with Crippen molar-refractivity contribution in [1.82, 2.24) is 5.43 Å². The average molecular weight is 372 g/mol. The van der Waals surface area contributed by atoms with Crippen LogP contribution in [0.4, 0.5) is 0 Å². The van der Waals surface area contributed by atoms with Crippen molar-refractivity contribution >= 4 is 28.5 Å². The molecule has 1 unspecified atom stereocenters. The number of amides is 1. The highest BCUT2D eigenvalue weighted by Gasteiger charge is 2.27. The molecule has 0 bridgehead atoms. The molecule has 1 N–H and O–H groups in total. The van der Waals surface area contributed by atoms with Crippen molar-refractivity contribution in [1.29, 1.82) is 0 Å². The number of benzene rings is 3. The molecule has 0 fully saturated rings. The number of hydrazone groups is 1. The minimum absolute atomic E-state index is 0.144. The predicted octanol–water partition coefficient (Wildman–Crippen LogP) is 4.19. The van der Waals surface area contributed by atoms with Crippen LogP contribution in [0.5, 0.6) is 11.5 Å². The molecule has 3 aromatic rings. The van der Waals surface area contributed by atoms with Gasteiger partial charge in [0.15, 0.2) is 11.5 Å². The smallest absolute Gasteiger partial charge is 0.284 e. The molecule has 3 aromatic carbocycles. The molecule has 0 aromatic heterocycles. The van der Waals surface area contributed by atoms with E-state index >= 15 is 0 Å². The first-order valence-corrected chi connectivity index (χ1v) is 9.08. The number of nitrogens with zero attached hydrogens (tertiary/aromatic N) is 1. The molecular weight excluding hydrogens is 352 g/mol. The molecule has 1 aliphatic heterocycles. The fourth-order valence-corrected chi connectivity index (χ4v) is 2.92. The molecule has 5 nitrogen and oxygen atoms in total. The molecular formula is C23H20N2O3. The van der Waals surface area contributed by atoms with E-state index in [2.05, 4.69) is 10.5 Å². The number of allylic oxidation sites excluding steroid dienone is 1. The minimum Gasteiger partial charge on any atom is -0.485 e. The highest BCUT2D eigenvalue weighted by atomic mass is 16.6. The Morgan fingerprint density at radius 1 is 1.04 bits per heavy atom. The van der Waals surface area contributed by atoms with Gasteiger partial charge in [0.1, 0.15) is 6.61 Å². The van der Waals surface area contributed by atoms with Crippen molar-refractivity contribution in [2.45, 2.75) is 13.0 Å². The van der Waals surface area contributed by atoms with E-state index < -0.39 is 6.10 Å². The highest BCUT2D eigenvalue weighted by Crippen LogP contribution is 2.35. The van der Waals surface area contributed by atoms with Crippen LogP contribution in [0, 0.1) is 0 Å². The lowest BCUT2D eigenvalue weighted by Crippen LogP contribution is -2.42. The third kappa shape index (κ3) is 4.04. The van der Waals surface area contributed by atoms with Gasteiger partial charge in [-0.2, -0.15) is 5.10 Å². The van der Waals surface area contributed by atoms with E-state index in [1.165, 1.54) is 0 Å². The van der Waals surface area contributed by atoms with Crippen molar-refractivity contribution in [2.24, 2.45) is 5.10 Å². The second-order valence-electron chi connectivity index (χ2n) is 6.54. The quantitative estimate of drug-likeness (QED) is 0.552. The van der Waals surface area contributed by atoms with Crippen molar-refractivity contribution in [3.8, 4) is 11.5 Å². The lowest BCUT2D eigenvalue weighted by atomic mass is 10.1. The molecule has 0 spiro atoms. The van der Waals surface area contributed by atoms with Crippen molar-refractivity contribution < 1.29 is 14.3 Å². The molecule has 0 saturated carbocycles. The average Bonchev–Trinajstić information content (AvgIpc) is 2.74. The van der Waals surface area contributed by atoms with E-state index in [0.717, 1.165) is 16.3 Å². The summed E-state index contributed by atoms with van der Waals surface area (Å²) >= 11 is 0. The maximum absolute atomic E-state index is 12.4. The van der Waals surface area contributed by atoms with E-state index in [9.17, 15) is 4.79 Å². The van der Waals surface area contributed by atoms with E-state index in [4.69, 9.17) is 9.47 Å². The van der Waals surface area contributed by atoms with Gasteiger partial charge in [0.05, 0.1) is 5.71 Å². The summed E-state index contributed by atoms with van der Waals surface area (Å²) in [6.45, 7) is 1.96. The maximum atomic E-state index is 12.4. The summed E-state index contributed by atoms with van der Waals surface area (Å²) < 4.78 is 11.6. The maximum Gasteiger partial charge on any atom is 0.284 e. The molecule has 1 atom stereocenters. The van der Waals surface area contributed by atoms with Crippen LogP contribution in [-0.4, -0.2) is 24.3 Å². The van der Waals surface area contributed by atoms with Crippen molar-refractivity contribution in [2.75, 3.05) is 6.61 Å². The molecule has 0 aliphatic carbocycles. The Labute approximate surface area is 163 Å². The number of fused-ring (bicyclic) bond motifs is 2. The summed E-state index contributed by atoms with van der Waals surface area (Å²) in [6, 6.07) is 21.7. The number of hydrogen-bond donors (Lipinski definition) is 1. The van der Waals surface area contributed by atoms with E-state index in [1.54, 1.807) is 0 Å². The standard InChI is InChI=1S/C23H20N2O3/c1-16(11-12-17-7-3-2-4-8-17)24-25-23(26)22-15-27-20-13-18-9-5-6-10-19(18)14-21(20)28-22/h2-14,22H,15H2,1H3,(H,25,26). The van der Waals surface area contributed by atoms with Crippen LogP contribution < -0.4 is 14.9 Å². The van der Waals surface area contributed by atoms with Crippen LogP contribution in [-0.2, 0) is 4.79 Å². The third-order valence-corrected chi connectivity index (χ3v) is 4.42. The topological polar surface area (TPSA) is 59.9 Å². The molecule has 0 radical (unpaired) electrons. The van der Waals surface area contributed by atoms with Crippen LogP contribution in [0.3, 0.4) is 0 Å². The van der Waals surface area contributed by atoms with Gasteiger partial charge >= 0.3 is 0 Å². The molecule has 5 heteroatoms. The summed E-state index contributed by atoms with van der Waals surface area (Å²) in [4.78, 5) is 12.4. The van der Waals surface area contributed by atoms with Crippen LogP contribution in [0.25, 0.3) is 16.8 Å². The largest absolute Gasteiger partial charge is 0.485 e. The zero-order chi connectivity index (χ0) is 19.3. The zero-order valence-electron chi connectivity index (χ0n) is 15.5. The van der Waals surface area contributed by atoms with Crippen LogP contribution in [0.1, 0.15) is 12.5 Å². The Morgan fingerprint density at radius 2 is 1.71 bits per heavy atom. The summed E-state index contributed by atoms with van der Waals surface area (Å²) in [6.07, 6.45) is 3.03. The van der Waals surface area contributed by atoms with Gasteiger partial charge in [-0.05, 0) is 41.5 Å². The van der Waals surface area contributed by atoms with Gasteiger partial charge in [-0.3, -0.25) is 4.79 Å². The Hall–Kier alpha value is -3.60. The number of rotatable bonds is 4. The van der Waals surface area contributed by atoms with Crippen LogP contribution in [0.2, 0.25) is 0 Å². The predicted molar refractivity (Wildman–Crippen MR) is 111 cm³/mol. The normalized spacial score (nSPS) is 16.3. The lowest BCUT2D eigenvalue weighted by Gasteiger charge is -2.25.